The van der Waals surface area contributed by atoms with Gasteiger partial charge in [-0.3, -0.25) is 4.79 Å². The number of likely N-dealkylation sites (tertiary alicyclic amines) is 1. The van der Waals surface area contributed by atoms with Crippen LogP contribution in [0.1, 0.15) is 32.1 Å². The summed E-state index contributed by atoms with van der Waals surface area (Å²) in [5.41, 5.74) is 0.981. The summed E-state index contributed by atoms with van der Waals surface area (Å²) in [6, 6.07) is 8.13. The first kappa shape index (κ1) is 15.4. The van der Waals surface area contributed by atoms with Crippen LogP contribution in [-0.2, 0) is 4.79 Å². The molecule has 2 fully saturated rings. The van der Waals surface area contributed by atoms with Gasteiger partial charge in [-0.15, -0.1) is 0 Å². The number of benzene rings is 1. The van der Waals surface area contributed by atoms with E-state index in [2.05, 4.69) is 25.8 Å². The number of carbonyl (C=O) groups excluding carboxylic acids is 1. The number of hydrogen-bond acceptors (Lipinski definition) is 4. The first-order valence-electron chi connectivity index (χ1n) is 9.06. The summed E-state index contributed by atoms with van der Waals surface area (Å²) in [6.07, 6.45) is 7.09. The minimum atomic E-state index is 0.187. The summed E-state index contributed by atoms with van der Waals surface area (Å²) in [6.45, 7) is 3.70. The molecule has 2 saturated heterocycles. The zero-order chi connectivity index (χ0) is 16.4. The second kappa shape index (κ2) is 6.75. The number of anilines is 1. The quantitative estimate of drug-likeness (QED) is 0.852. The fraction of sp³-hybridized carbons (Fsp3) is 0.526. The minimum absolute atomic E-state index is 0.187. The summed E-state index contributed by atoms with van der Waals surface area (Å²) in [4.78, 5) is 25.9. The Morgan fingerprint density at radius 3 is 2.50 bits per heavy atom. The Balaban J connectivity index is 1.45. The second-order valence-electron chi connectivity index (χ2n) is 6.86. The van der Waals surface area contributed by atoms with Crippen molar-refractivity contribution in [3.63, 3.8) is 0 Å². The van der Waals surface area contributed by atoms with Crippen molar-refractivity contribution < 1.29 is 4.79 Å². The lowest BCUT2D eigenvalue weighted by molar-refractivity contribution is -0.137. The molecule has 0 aliphatic carbocycles. The number of fused-ring (bicyclic) bond motifs is 1. The van der Waals surface area contributed by atoms with E-state index in [0.29, 0.717) is 5.91 Å². The van der Waals surface area contributed by atoms with E-state index in [4.69, 9.17) is 0 Å². The van der Waals surface area contributed by atoms with E-state index in [1.165, 1.54) is 6.42 Å². The van der Waals surface area contributed by atoms with Crippen molar-refractivity contribution in [2.45, 2.75) is 32.1 Å². The predicted octanol–water partition coefficient (Wildman–Crippen LogP) is 2.86. The molecule has 126 valence electrons. The summed E-state index contributed by atoms with van der Waals surface area (Å²) in [7, 11) is 0. The van der Waals surface area contributed by atoms with Crippen molar-refractivity contribution in [3.8, 4) is 0 Å². The Hall–Kier alpha value is -2.17. The van der Waals surface area contributed by atoms with E-state index in [0.717, 1.165) is 68.6 Å². The van der Waals surface area contributed by atoms with E-state index in [1.807, 2.05) is 18.2 Å². The Kier molecular flexibility index (Phi) is 4.32. The summed E-state index contributed by atoms with van der Waals surface area (Å²) in [5, 5.41) is 1.10. The van der Waals surface area contributed by atoms with E-state index < -0.39 is 0 Å². The number of amides is 1. The number of aromatic nitrogens is 2. The van der Waals surface area contributed by atoms with Crippen LogP contribution in [0.15, 0.2) is 30.6 Å². The van der Waals surface area contributed by atoms with Gasteiger partial charge in [-0.2, -0.15) is 0 Å². The molecule has 24 heavy (non-hydrogen) atoms. The lowest BCUT2D eigenvalue weighted by Crippen LogP contribution is -2.44. The first-order valence-corrected chi connectivity index (χ1v) is 9.06. The standard InChI is InChI=1S/C19H24N4O/c24-19(23-10-4-1-5-11-23)15-8-12-22(13-9-15)18-16-6-2-3-7-17(16)20-14-21-18/h2-3,6-7,14-15H,1,4-5,8-13H2. The molecular formula is C19H24N4O. The molecule has 1 aromatic carbocycles. The minimum Gasteiger partial charge on any atom is -0.356 e. The predicted molar refractivity (Wildman–Crippen MR) is 94.9 cm³/mol. The van der Waals surface area contributed by atoms with Crippen molar-refractivity contribution in [2.75, 3.05) is 31.1 Å². The summed E-state index contributed by atoms with van der Waals surface area (Å²) < 4.78 is 0. The van der Waals surface area contributed by atoms with E-state index in [-0.39, 0.29) is 5.92 Å². The molecule has 0 unspecified atom stereocenters. The zero-order valence-electron chi connectivity index (χ0n) is 14.0. The van der Waals surface area contributed by atoms with Crippen LogP contribution in [-0.4, -0.2) is 47.0 Å². The highest BCUT2D eigenvalue weighted by Crippen LogP contribution is 2.28. The fourth-order valence-corrected chi connectivity index (χ4v) is 3.95. The topological polar surface area (TPSA) is 49.3 Å². The molecule has 0 radical (unpaired) electrons. The van der Waals surface area contributed by atoms with Gasteiger partial charge in [0.15, 0.2) is 0 Å². The van der Waals surface area contributed by atoms with E-state index in [1.54, 1.807) is 6.33 Å². The van der Waals surface area contributed by atoms with Gasteiger partial charge >= 0.3 is 0 Å². The summed E-state index contributed by atoms with van der Waals surface area (Å²) >= 11 is 0. The number of nitrogens with zero attached hydrogens (tertiary/aromatic N) is 4. The molecular weight excluding hydrogens is 300 g/mol. The van der Waals surface area contributed by atoms with Crippen LogP contribution in [0.5, 0.6) is 0 Å². The molecule has 0 bridgehead atoms. The highest BCUT2D eigenvalue weighted by molar-refractivity contribution is 5.89. The number of hydrogen-bond donors (Lipinski definition) is 0. The van der Waals surface area contributed by atoms with Crippen LogP contribution in [0, 0.1) is 5.92 Å². The number of rotatable bonds is 2. The average Bonchev–Trinajstić information content (AvgIpc) is 2.68. The molecule has 1 aromatic heterocycles. The van der Waals surface area contributed by atoms with Crippen LogP contribution < -0.4 is 4.90 Å². The van der Waals surface area contributed by atoms with Gasteiger partial charge in [0.2, 0.25) is 5.91 Å². The molecule has 2 aliphatic heterocycles. The van der Waals surface area contributed by atoms with Gasteiger partial charge in [0.05, 0.1) is 5.52 Å². The summed E-state index contributed by atoms with van der Waals surface area (Å²) in [5.74, 6) is 1.57. The maximum atomic E-state index is 12.7. The monoisotopic (exact) mass is 324 g/mol. The van der Waals surface area contributed by atoms with E-state index in [9.17, 15) is 4.79 Å². The molecule has 4 rings (SSSR count). The molecule has 2 aromatic rings. The van der Waals surface area contributed by atoms with Gasteiger partial charge in [-0.1, -0.05) is 12.1 Å². The zero-order valence-corrected chi connectivity index (χ0v) is 14.0. The van der Waals surface area contributed by atoms with Crippen LogP contribution in [0.4, 0.5) is 5.82 Å². The fourth-order valence-electron chi connectivity index (χ4n) is 3.95. The van der Waals surface area contributed by atoms with E-state index >= 15 is 0 Å². The molecule has 2 aliphatic rings. The molecule has 5 nitrogen and oxygen atoms in total. The van der Waals surface area contributed by atoms with Gasteiger partial charge in [0.25, 0.3) is 0 Å². The molecule has 1 amide bonds. The molecule has 5 heteroatoms. The van der Waals surface area contributed by atoms with Crippen molar-refractivity contribution in [2.24, 2.45) is 5.92 Å². The van der Waals surface area contributed by atoms with Gasteiger partial charge in [0.1, 0.15) is 12.1 Å². The normalized spacial score (nSPS) is 19.7. The highest BCUT2D eigenvalue weighted by atomic mass is 16.2. The Morgan fingerprint density at radius 2 is 1.71 bits per heavy atom. The van der Waals surface area contributed by atoms with Crippen LogP contribution in [0.2, 0.25) is 0 Å². The highest BCUT2D eigenvalue weighted by Gasteiger charge is 2.30. The van der Waals surface area contributed by atoms with Crippen molar-refractivity contribution in [1.29, 1.82) is 0 Å². The Bertz CT molecular complexity index is 713. The molecule has 0 N–H and O–H groups in total. The third kappa shape index (κ3) is 2.95. The smallest absolute Gasteiger partial charge is 0.225 e. The average molecular weight is 324 g/mol. The molecule has 0 atom stereocenters. The van der Waals surface area contributed by atoms with Crippen LogP contribution >= 0.6 is 0 Å². The van der Waals surface area contributed by atoms with Gasteiger partial charge in [-0.05, 0) is 44.2 Å². The maximum Gasteiger partial charge on any atom is 0.225 e. The third-order valence-electron chi connectivity index (χ3n) is 5.33. The van der Waals surface area contributed by atoms with Gasteiger partial charge < -0.3 is 9.80 Å². The van der Waals surface area contributed by atoms with Crippen LogP contribution in [0.25, 0.3) is 10.9 Å². The maximum absolute atomic E-state index is 12.7. The number of carbonyl (C=O) groups is 1. The van der Waals surface area contributed by atoms with Crippen LogP contribution in [0.3, 0.4) is 0 Å². The third-order valence-corrected chi connectivity index (χ3v) is 5.33. The van der Waals surface area contributed by atoms with Gasteiger partial charge in [-0.25, -0.2) is 9.97 Å². The van der Waals surface area contributed by atoms with Crippen molar-refractivity contribution in [3.05, 3.63) is 30.6 Å². The Morgan fingerprint density at radius 1 is 0.958 bits per heavy atom. The number of para-hydroxylation sites is 1. The Labute approximate surface area is 142 Å². The van der Waals surface area contributed by atoms with Crippen molar-refractivity contribution in [1.82, 2.24) is 14.9 Å². The molecule has 0 spiro atoms. The molecule has 3 heterocycles. The van der Waals surface area contributed by atoms with Gasteiger partial charge in [0, 0.05) is 37.5 Å². The SMILES string of the molecule is O=C(C1CCN(c2ncnc3ccccc23)CC1)N1CCCCC1. The van der Waals surface area contributed by atoms with Crippen molar-refractivity contribution >= 4 is 22.6 Å². The molecule has 0 saturated carbocycles. The second-order valence-corrected chi connectivity index (χ2v) is 6.86. The number of piperidine rings is 2. The lowest BCUT2D eigenvalue weighted by atomic mass is 9.94. The largest absolute Gasteiger partial charge is 0.356 e. The first-order chi connectivity index (χ1) is 11.8. The lowest BCUT2D eigenvalue weighted by Gasteiger charge is -2.36.